The van der Waals surface area contributed by atoms with E-state index >= 15 is 0 Å². The Morgan fingerprint density at radius 3 is 2.27 bits per heavy atom. The molecule has 3 aromatic carbocycles. The largest absolute Gasteiger partial charge is 0.497 e. The molecular weight excluding hydrogens is 521 g/mol. The number of halogens is 3. The Labute approximate surface area is 230 Å². The lowest BCUT2D eigenvalue weighted by atomic mass is 10.1. The Morgan fingerprint density at radius 1 is 0.900 bits per heavy atom. The topological polar surface area (TPSA) is 76.6 Å². The third-order valence-corrected chi connectivity index (χ3v) is 6.30. The molecule has 0 saturated carbocycles. The van der Waals surface area contributed by atoms with Crippen LogP contribution in [0, 0.1) is 24.4 Å². The van der Waals surface area contributed by atoms with Crippen LogP contribution in [0.2, 0.25) is 0 Å². The molecule has 4 aromatic rings. The second kappa shape index (κ2) is 12.1. The predicted octanol–water partition coefficient (Wildman–Crippen LogP) is 6.81. The first-order valence-corrected chi connectivity index (χ1v) is 12.7. The molecule has 5 rings (SSSR count). The number of anilines is 2. The van der Waals surface area contributed by atoms with Crippen LogP contribution < -0.4 is 14.8 Å². The number of carbonyl (C=O) groups excluding carboxylic acids is 1. The highest BCUT2D eigenvalue weighted by molar-refractivity contribution is 6.03. The van der Waals surface area contributed by atoms with Gasteiger partial charge in [0, 0.05) is 17.3 Å². The number of aryl methyl sites for hydroxylation is 1. The summed E-state index contributed by atoms with van der Waals surface area (Å²) in [7, 11) is 3.06. The van der Waals surface area contributed by atoms with E-state index in [0.29, 0.717) is 22.7 Å². The SMILES string of the molecule is CC.COc1ccc(CN2Cc3nc(-c4c(F)cccc4F)nc(Nc4ccc(C)c(F)c4)c3C2=O)c(OC)c1. The minimum atomic E-state index is -0.846. The van der Waals surface area contributed by atoms with Crippen molar-refractivity contribution in [3.63, 3.8) is 0 Å². The summed E-state index contributed by atoms with van der Waals surface area (Å²) in [6, 6.07) is 13.1. The van der Waals surface area contributed by atoms with E-state index in [1.807, 2.05) is 13.8 Å². The molecule has 1 aliphatic rings. The van der Waals surface area contributed by atoms with E-state index in [2.05, 4.69) is 15.3 Å². The van der Waals surface area contributed by atoms with Crippen LogP contribution in [-0.4, -0.2) is 35.0 Å². The van der Waals surface area contributed by atoms with Crippen molar-refractivity contribution in [3.8, 4) is 22.9 Å². The maximum Gasteiger partial charge on any atom is 0.260 e. The number of amides is 1. The third kappa shape index (κ3) is 5.56. The average molecular weight is 551 g/mol. The summed E-state index contributed by atoms with van der Waals surface area (Å²) in [6.07, 6.45) is 0. The van der Waals surface area contributed by atoms with Crippen LogP contribution in [0.5, 0.6) is 11.5 Å². The van der Waals surface area contributed by atoms with Crippen molar-refractivity contribution in [1.29, 1.82) is 0 Å². The first-order chi connectivity index (χ1) is 19.3. The molecule has 0 atom stereocenters. The number of carbonyl (C=O) groups is 1. The van der Waals surface area contributed by atoms with Gasteiger partial charge in [0.1, 0.15) is 40.3 Å². The van der Waals surface area contributed by atoms with Gasteiger partial charge in [-0.2, -0.15) is 0 Å². The molecule has 0 bridgehead atoms. The van der Waals surface area contributed by atoms with Crippen LogP contribution in [0.4, 0.5) is 24.7 Å². The number of methoxy groups -OCH3 is 2. The normalized spacial score (nSPS) is 12.0. The Morgan fingerprint density at radius 2 is 1.62 bits per heavy atom. The molecule has 0 unspecified atom stereocenters. The van der Waals surface area contributed by atoms with Gasteiger partial charge in [-0.1, -0.05) is 26.0 Å². The average Bonchev–Trinajstić information content (AvgIpc) is 3.26. The summed E-state index contributed by atoms with van der Waals surface area (Å²) < 4.78 is 54.2. The highest BCUT2D eigenvalue weighted by Crippen LogP contribution is 2.35. The van der Waals surface area contributed by atoms with Gasteiger partial charge >= 0.3 is 0 Å². The van der Waals surface area contributed by atoms with Crippen LogP contribution in [0.1, 0.15) is 41.0 Å². The third-order valence-electron chi connectivity index (χ3n) is 6.30. The van der Waals surface area contributed by atoms with Crippen molar-refractivity contribution in [2.24, 2.45) is 0 Å². The smallest absolute Gasteiger partial charge is 0.260 e. The second-order valence-electron chi connectivity index (χ2n) is 8.74. The molecule has 7 nitrogen and oxygen atoms in total. The number of ether oxygens (including phenoxy) is 2. The number of rotatable bonds is 7. The summed E-state index contributed by atoms with van der Waals surface area (Å²) in [6.45, 7) is 5.85. The highest BCUT2D eigenvalue weighted by atomic mass is 19.1. The van der Waals surface area contributed by atoms with Crippen LogP contribution in [0.3, 0.4) is 0 Å². The van der Waals surface area contributed by atoms with Crippen molar-refractivity contribution >= 4 is 17.4 Å². The maximum atomic E-state index is 14.6. The molecule has 1 N–H and O–H groups in total. The molecule has 2 heterocycles. The van der Waals surface area contributed by atoms with Crippen molar-refractivity contribution in [2.75, 3.05) is 19.5 Å². The van der Waals surface area contributed by atoms with Crippen molar-refractivity contribution < 1.29 is 27.4 Å². The molecule has 0 aliphatic carbocycles. The molecule has 0 radical (unpaired) electrons. The number of benzene rings is 3. The van der Waals surface area contributed by atoms with E-state index in [-0.39, 0.29) is 36.0 Å². The summed E-state index contributed by atoms with van der Waals surface area (Å²) >= 11 is 0. The monoisotopic (exact) mass is 550 g/mol. The molecular formula is C30H29F3N4O3. The molecule has 0 fully saturated rings. The standard InChI is InChI=1S/C28H23F3N4O3.C2H6/c1-15-7-9-17(11-21(15)31)32-27-25-22(33-26(34-27)24-19(29)5-4-6-20(24)30)14-35(28(25)36)13-16-8-10-18(37-2)12-23(16)38-3;1-2/h4-12H,13-14H2,1-3H3,(H,32,33,34);1-2H3. The maximum absolute atomic E-state index is 14.6. The minimum absolute atomic E-state index is 0.0186. The predicted molar refractivity (Wildman–Crippen MR) is 146 cm³/mol. The number of hydrogen-bond acceptors (Lipinski definition) is 6. The molecule has 208 valence electrons. The van der Waals surface area contributed by atoms with Gasteiger partial charge in [0.05, 0.1) is 38.6 Å². The summed E-state index contributed by atoms with van der Waals surface area (Å²) in [5, 5.41) is 2.95. The van der Waals surface area contributed by atoms with E-state index in [9.17, 15) is 18.0 Å². The first kappa shape index (κ1) is 28.4. The zero-order valence-electron chi connectivity index (χ0n) is 22.8. The lowest BCUT2D eigenvalue weighted by Crippen LogP contribution is -2.24. The number of fused-ring (bicyclic) bond motifs is 1. The molecule has 1 amide bonds. The lowest BCUT2D eigenvalue weighted by Gasteiger charge is -2.18. The van der Waals surface area contributed by atoms with E-state index in [0.717, 1.165) is 17.7 Å². The second-order valence-corrected chi connectivity index (χ2v) is 8.74. The van der Waals surface area contributed by atoms with Gasteiger partial charge in [-0.05, 0) is 48.9 Å². The van der Waals surface area contributed by atoms with Crippen molar-refractivity contribution in [2.45, 2.75) is 33.9 Å². The van der Waals surface area contributed by atoms with E-state index in [4.69, 9.17) is 9.47 Å². The summed E-state index contributed by atoms with van der Waals surface area (Å²) in [5.74, 6) is -1.63. The van der Waals surface area contributed by atoms with Gasteiger partial charge in [0.25, 0.3) is 5.91 Å². The minimum Gasteiger partial charge on any atom is -0.497 e. The molecule has 40 heavy (non-hydrogen) atoms. The Hall–Kier alpha value is -4.60. The van der Waals surface area contributed by atoms with E-state index in [1.165, 1.54) is 31.3 Å². The van der Waals surface area contributed by atoms with Gasteiger partial charge in [-0.25, -0.2) is 23.1 Å². The lowest BCUT2D eigenvalue weighted by molar-refractivity contribution is 0.0765. The van der Waals surface area contributed by atoms with Crippen LogP contribution in [-0.2, 0) is 13.1 Å². The molecule has 1 aliphatic heterocycles. The number of aromatic nitrogens is 2. The summed E-state index contributed by atoms with van der Waals surface area (Å²) in [4.78, 5) is 23.8. The van der Waals surface area contributed by atoms with Gasteiger partial charge in [-0.3, -0.25) is 4.79 Å². The van der Waals surface area contributed by atoms with Crippen LogP contribution >= 0.6 is 0 Å². The molecule has 10 heteroatoms. The Kier molecular flexibility index (Phi) is 8.57. The highest BCUT2D eigenvalue weighted by Gasteiger charge is 2.34. The number of nitrogens with zero attached hydrogens (tertiary/aromatic N) is 3. The quantitative estimate of drug-likeness (QED) is 0.272. The zero-order chi connectivity index (χ0) is 29.0. The fourth-order valence-electron chi connectivity index (χ4n) is 4.29. The van der Waals surface area contributed by atoms with E-state index < -0.39 is 28.9 Å². The fraction of sp³-hybridized carbons (Fsp3) is 0.233. The molecule has 0 saturated heterocycles. The molecule has 0 spiro atoms. The van der Waals surface area contributed by atoms with Crippen molar-refractivity contribution in [3.05, 3.63) is 94.4 Å². The molecule has 1 aromatic heterocycles. The van der Waals surface area contributed by atoms with E-state index in [1.54, 1.807) is 37.3 Å². The van der Waals surface area contributed by atoms with Gasteiger partial charge < -0.3 is 19.7 Å². The summed E-state index contributed by atoms with van der Waals surface area (Å²) in [5.41, 5.74) is 1.48. The Balaban J connectivity index is 0.00000181. The zero-order valence-corrected chi connectivity index (χ0v) is 22.8. The fourth-order valence-corrected chi connectivity index (χ4v) is 4.29. The van der Waals surface area contributed by atoms with Gasteiger partial charge in [0.15, 0.2) is 5.82 Å². The first-order valence-electron chi connectivity index (χ1n) is 12.7. The van der Waals surface area contributed by atoms with Crippen molar-refractivity contribution in [1.82, 2.24) is 14.9 Å². The van der Waals surface area contributed by atoms with Crippen LogP contribution in [0.25, 0.3) is 11.4 Å². The number of hydrogen-bond donors (Lipinski definition) is 1. The number of nitrogens with one attached hydrogen (secondary N) is 1. The Bertz CT molecular complexity index is 1540. The van der Waals surface area contributed by atoms with Gasteiger partial charge in [-0.15, -0.1) is 0 Å². The van der Waals surface area contributed by atoms with Gasteiger partial charge in [0.2, 0.25) is 0 Å². The van der Waals surface area contributed by atoms with Crippen LogP contribution in [0.15, 0.2) is 54.6 Å².